The quantitative estimate of drug-likeness (QED) is 0.459. The molecule has 3 aromatic rings. The molecule has 31 heavy (non-hydrogen) atoms. The fourth-order valence-electron chi connectivity index (χ4n) is 3.45. The van der Waals surface area contributed by atoms with Crippen LogP contribution in [0.25, 0.3) is 22.1 Å². The first-order chi connectivity index (χ1) is 14.9. The third-order valence-corrected chi connectivity index (χ3v) is 5.25. The van der Waals surface area contributed by atoms with Gasteiger partial charge >= 0.3 is 0 Å². The van der Waals surface area contributed by atoms with Crippen molar-refractivity contribution in [3.63, 3.8) is 0 Å². The van der Waals surface area contributed by atoms with Crippen LogP contribution in [-0.4, -0.2) is 64.8 Å². The lowest BCUT2D eigenvalue weighted by Gasteiger charge is -2.39. The van der Waals surface area contributed by atoms with E-state index in [4.69, 9.17) is 18.6 Å². The maximum atomic E-state index is 12.9. The molecular formula is C22H22O9. The highest BCUT2D eigenvalue weighted by Crippen LogP contribution is 2.28. The molecule has 9 nitrogen and oxygen atoms in total. The SMILES string of the molecule is COc1ccc(-c2coc3cc(O[C@@H]4OC(CO)[C@H](O)[C@H](O)C4O)ccc3c2=O)cc1. The molecule has 1 fully saturated rings. The fraction of sp³-hybridized carbons (Fsp3) is 0.318. The zero-order valence-corrected chi connectivity index (χ0v) is 16.5. The normalized spacial score (nSPS) is 26.0. The van der Waals surface area contributed by atoms with Gasteiger partial charge in [-0.25, -0.2) is 0 Å². The molecule has 0 amide bonds. The van der Waals surface area contributed by atoms with E-state index in [-0.39, 0.29) is 16.8 Å². The monoisotopic (exact) mass is 430 g/mol. The van der Waals surface area contributed by atoms with E-state index in [1.54, 1.807) is 31.4 Å². The standard InChI is InChI=1S/C22H22O9/c1-28-12-4-2-11(3-5-12)15-10-29-16-8-13(6-7-14(16)18(15)24)30-22-21(27)20(26)19(25)17(9-23)31-22/h2-8,10,17,19-23,25-27H,9H2,1H3/t17?,19-,20-,21?,22+/m0/s1. The molecule has 1 aromatic heterocycles. The topological polar surface area (TPSA) is 139 Å². The minimum atomic E-state index is -1.55. The third kappa shape index (κ3) is 4.01. The van der Waals surface area contributed by atoms with Crippen LogP contribution in [0.15, 0.2) is 57.9 Å². The van der Waals surface area contributed by atoms with Crippen molar-refractivity contribution in [1.82, 2.24) is 0 Å². The molecule has 0 radical (unpaired) electrons. The minimum absolute atomic E-state index is 0.206. The zero-order chi connectivity index (χ0) is 22.1. The highest BCUT2D eigenvalue weighted by molar-refractivity contribution is 5.82. The second kappa shape index (κ2) is 8.66. The Morgan fingerprint density at radius 3 is 2.35 bits per heavy atom. The van der Waals surface area contributed by atoms with Gasteiger partial charge in [-0.2, -0.15) is 0 Å². The second-order valence-electron chi connectivity index (χ2n) is 7.18. The van der Waals surface area contributed by atoms with Crippen molar-refractivity contribution in [2.24, 2.45) is 0 Å². The van der Waals surface area contributed by atoms with E-state index in [1.165, 1.54) is 24.5 Å². The van der Waals surface area contributed by atoms with Crippen molar-refractivity contribution in [2.45, 2.75) is 30.7 Å². The van der Waals surface area contributed by atoms with Gasteiger partial charge in [0.1, 0.15) is 47.8 Å². The van der Waals surface area contributed by atoms with Gasteiger partial charge in [0.15, 0.2) is 5.43 Å². The van der Waals surface area contributed by atoms with Crippen molar-refractivity contribution < 1.29 is 39.1 Å². The number of rotatable bonds is 5. The van der Waals surface area contributed by atoms with Crippen LogP contribution in [0.5, 0.6) is 11.5 Å². The summed E-state index contributed by atoms with van der Waals surface area (Å²) in [5, 5.41) is 39.5. The van der Waals surface area contributed by atoms with Crippen molar-refractivity contribution in [3.05, 3.63) is 59.0 Å². The molecule has 1 aliphatic heterocycles. The van der Waals surface area contributed by atoms with Crippen molar-refractivity contribution in [1.29, 1.82) is 0 Å². The van der Waals surface area contributed by atoms with Crippen LogP contribution in [0.1, 0.15) is 0 Å². The lowest BCUT2D eigenvalue weighted by atomic mass is 9.99. The van der Waals surface area contributed by atoms with E-state index in [2.05, 4.69) is 0 Å². The average Bonchev–Trinajstić information content (AvgIpc) is 2.80. The maximum Gasteiger partial charge on any atom is 0.229 e. The summed E-state index contributed by atoms with van der Waals surface area (Å²) in [5.74, 6) is 0.876. The first-order valence-electron chi connectivity index (χ1n) is 9.60. The first kappa shape index (κ1) is 21.3. The summed E-state index contributed by atoms with van der Waals surface area (Å²) >= 11 is 0. The Morgan fingerprint density at radius 1 is 0.968 bits per heavy atom. The molecule has 2 heterocycles. The number of hydrogen-bond donors (Lipinski definition) is 4. The van der Waals surface area contributed by atoms with E-state index >= 15 is 0 Å². The smallest absolute Gasteiger partial charge is 0.229 e. The molecule has 2 aromatic carbocycles. The molecule has 0 saturated carbocycles. The second-order valence-corrected chi connectivity index (χ2v) is 7.18. The summed E-state index contributed by atoms with van der Waals surface area (Å²) in [4.78, 5) is 12.9. The minimum Gasteiger partial charge on any atom is -0.497 e. The third-order valence-electron chi connectivity index (χ3n) is 5.25. The predicted molar refractivity (Wildman–Crippen MR) is 109 cm³/mol. The number of aliphatic hydroxyl groups excluding tert-OH is 4. The number of aliphatic hydroxyl groups is 4. The van der Waals surface area contributed by atoms with E-state index in [0.29, 0.717) is 22.3 Å². The molecular weight excluding hydrogens is 408 g/mol. The van der Waals surface area contributed by atoms with Gasteiger partial charge in [0, 0.05) is 6.07 Å². The predicted octanol–water partition coefficient (Wildman–Crippen LogP) is 0.647. The summed E-state index contributed by atoms with van der Waals surface area (Å²) in [6, 6.07) is 11.5. The van der Waals surface area contributed by atoms with Crippen LogP contribution in [0.2, 0.25) is 0 Å². The summed E-state index contributed by atoms with van der Waals surface area (Å²) < 4.78 is 21.7. The number of fused-ring (bicyclic) bond motifs is 1. The molecule has 4 rings (SSSR count). The molecule has 5 atom stereocenters. The molecule has 0 spiro atoms. The van der Waals surface area contributed by atoms with Gasteiger partial charge in [-0.05, 0) is 29.8 Å². The fourth-order valence-corrected chi connectivity index (χ4v) is 3.45. The molecule has 4 N–H and O–H groups in total. The number of ether oxygens (including phenoxy) is 3. The molecule has 0 bridgehead atoms. The van der Waals surface area contributed by atoms with Gasteiger partial charge in [-0.3, -0.25) is 4.79 Å². The molecule has 0 aliphatic carbocycles. The Balaban J connectivity index is 1.61. The molecule has 1 saturated heterocycles. The number of hydrogen-bond acceptors (Lipinski definition) is 9. The average molecular weight is 430 g/mol. The Bertz CT molecular complexity index is 1110. The molecule has 164 valence electrons. The zero-order valence-electron chi connectivity index (χ0n) is 16.5. The largest absolute Gasteiger partial charge is 0.497 e. The number of methoxy groups -OCH3 is 1. The van der Waals surface area contributed by atoms with Crippen LogP contribution < -0.4 is 14.9 Å². The number of benzene rings is 2. The lowest BCUT2D eigenvalue weighted by Crippen LogP contribution is -2.60. The van der Waals surface area contributed by atoms with E-state index < -0.39 is 37.3 Å². The van der Waals surface area contributed by atoms with Gasteiger partial charge in [0.05, 0.1) is 24.7 Å². The molecule has 9 heteroatoms. The van der Waals surface area contributed by atoms with Crippen LogP contribution in [0.4, 0.5) is 0 Å². The van der Waals surface area contributed by atoms with Crippen LogP contribution in [-0.2, 0) is 4.74 Å². The maximum absolute atomic E-state index is 12.9. The van der Waals surface area contributed by atoms with Crippen LogP contribution in [0, 0.1) is 0 Å². The summed E-state index contributed by atoms with van der Waals surface area (Å²) in [6.07, 6.45) is -5.65. The van der Waals surface area contributed by atoms with Crippen LogP contribution >= 0.6 is 0 Å². The summed E-state index contributed by atoms with van der Waals surface area (Å²) in [6.45, 7) is -0.564. The van der Waals surface area contributed by atoms with Crippen molar-refractivity contribution in [2.75, 3.05) is 13.7 Å². The van der Waals surface area contributed by atoms with Gasteiger partial charge in [0.25, 0.3) is 0 Å². The molecule has 1 aliphatic rings. The highest BCUT2D eigenvalue weighted by Gasteiger charge is 2.44. The molecule has 2 unspecified atom stereocenters. The van der Waals surface area contributed by atoms with Gasteiger partial charge < -0.3 is 39.1 Å². The van der Waals surface area contributed by atoms with E-state index in [1.807, 2.05) is 0 Å². The van der Waals surface area contributed by atoms with Gasteiger partial charge in [-0.1, -0.05) is 12.1 Å². The van der Waals surface area contributed by atoms with Crippen molar-refractivity contribution in [3.8, 4) is 22.6 Å². The summed E-state index contributed by atoms with van der Waals surface area (Å²) in [7, 11) is 1.56. The van der Waals surface area contributed by atoms with E-state index in [0.717, 1.165) is 0 Å². The van der Waals surface area contributed by atoms with E-state index in [9.17, 15) is 25.2 Å². The van der Waals surface area contributed by atoms with Gasteiger partial charge in [0.2, 0.25) is 6.29 Å². The Hall–Kier alpha value is -2.95. The highest BCUT2D eigenvalue weighted by atomic mass is 16.7. The lowest BCUT2D eigenvalue weighted by molar-refractivity contribution is -0.277. The van der Waals surface area contributed by atoms with Gasteiger partial charge in [-0.15, -0.1) is 0 Å². The van der Waals surface area contributed by atoms with Crippen LogP contribution in [0.3, 0.4) is 0 Å². The van der Waals surface area contributed by atoms with Crippen molar-refractivity contribution >= 4 is 11.0 Å². The Labute approximate surface area is 176 Å². The Morgan fingerprint density at radius 2 is 1.68 bits per heavy atom. The summed E-state index contributed by atoms with van der Waals surface area (Å²) in [5.41, 5.74) is 1.09. The Kier molecular flexibility index (Phi) is 5.94. The first-order valence-corrected chi connectivity index (χ1v) is 9.60.